The molecule has 1 aliphatic rings. The summed E-state index contributed by atoms with van der Waals surface area (Å²) in [5.74, 6) is 0.302. The average Bonchev–Trinajstić information content (AvgIpc) is 3.25. The van der Waals surface area contributed by atoms with Crippen LogP contribution in [0, 0.1) is 6.92 Å². The fraction of sp³-hybridized carbons (Fsp3) is 0.312. The van der Waals surface area contributed by atoms with Gasteiger partial charge in [0.05, 0.1) is 36.4 Å². The highest BCUT2D eigenvalue weighted by Crippen LogP contribution is 2.30. The van der Waals surface area contributed by atoms with Crippen molar-refractivity contribution in [1.29, 1.82) is 0 Å². The molecule has 0 bridgehead atoms. The third kappa shape index (κ3) is 2.50. The average molecular weight is 328 g/mol. The molecule has 0 spiro atoms. The second kappa shape index (κ2) is 5.97. The number of rotatable bonds is 3. The van der Waals surface area contributed by atoms with Gasteiger partial charge in [0.25, 0.3) is 5.91 Å². The molecule has 1 amide bonds. The van der Waals surface area contributed by atoms with Crippen molar-refractivity contribution in [1.82, 2.24) is 10.3 Å². The number of aryl methyl sites for hydroxylation is 1. The molecular formula is C16H16N4O4. The van der Waals surface area contributed by atoms with Gasteiger partial charge in [-0.3, -0.25) is 4.79 Å². The highest BCUT2D eigenvalue weighted by atomic mass is 16.6. The van der Waals surface area contributed by atoms with E-state index in [1.165, 1.54) is 6.26 Å². The maximum Gasteiger partial charge on any atom is 0.259 e. The number of hydrogen-bond acceptors (Lipinski definition) is 7. The number of carbonyl (C=O) groups excluding carboxylic acids is 1. The zero-order valence-corrected chi connectivity index (χ0v) is 13.1. The van der Waals surface area contributed by atoms with Gasteiger partial charge in [-0.25, -0.2) is 4.63 Å². The summed E-state index contributed by atoms with van der Waals surface area (Å²) in [4.78, 5) is 14.5. The molecule has 0 unspecified atom stereocenters. The molecule has 1 aliphatic heterocycles. The van der Waals surface area contributed by atoms with Gasteiger partial charge in [-0.1, -0.05) is 0 Å². The number of amides is 1. The predicted octanol–water partition coefficient (Wildman–Crippen LogP) is 2.21. The molecule has 2 aromatic heterocycles. The summed E-state index contributed by atoms with van der Waals surface area (Å²) >= 11 is 0. The number of fused-ring (bicyclic) bond motifs is 1. The lowest BCUT2D eigenvalue weighted by Crippen LogP contribution is -2.36. The molecule has 124 valence electrons. The SMILES string of the molecule is Cc1occc1C(=O)Nc1ccc(N2CCOCC2)c2nonc12. The molecule has 1 N–H and O–H groups in total. The van der Waals surface area contributed by atoms with E-state index in [0.29, 0.717) is 41.3 Å². The molecule has 8 nitrogen and oxygen atoms in total. The van der Waals surface area contributed by atoms with E-state index in [4.69, 9.17) is 13.8 Å². The molecular weight excluding hydrogens is 312 g/mol. The zero-order valence-electron chi connectivity index (χ0n) is 13.1. The first-order valence-corrected chi connectivity index (χ1v) is 7.67. The number of hydrogen-bond donors (Lipinski definition) is 1. The van der Waals surface area contributed by atoms with Crippen molar-refractivity contribution in [2.75, 3.05) is 36.5 Å². The molecule has 3 heterocycles. The van der Waals surface area contributed by atoms with Crippen LogP contribution < -0.4 is 10.2 Å². The van der Waals surface area contributed by atoms with Gasteiger partial charge in [-0.15, -0.1) is 0 Å². The number of benzene rings is 1. The standard InChI is InChI=1S/C16H16N4O4/c1-10-11(4-7-23-10)16(21)17-12-2-3-13(15-14(12)18-24-19-15)20-5-8-22-9-6-20/h2-4,7H,5-6,8-9H2,1H3,(H,17,21). The molecule has 0 radical (unpaired) electrons. The van der Waals surface area contributed by atoms with Crippen LogP contribution in [0.4, 0.5) is 11.4 Å². The van der Waals surface area contributed by atoms with Gasteiger partial charge in [0, 0.05) is 13.1 Å². The van der Waals surface area contributed by atoms with E-state index in [1.54, 1.807) is 13.0 Å². The summed E-state index contributed by atoms with van der Waals surface area (Å²) in [6, 6.07) is 5.35. The number of anilines is 2. The smallest absolute Gasteiger partial charge is 0.259 e. The number of ether oxygens (including phenoxy) is 1. The first-order valence-electron chi connectivity index (χ1n) is 7.67. The predicted molar refractivity (Wildman–Crippen MR) is 86.2 cm³/mol. The first-order chi connectivity index (χ1) is 11.7. The highest BCUT2D eigenvalue weighted by Gasteiger charge is 2.20. The first kappa shape index (κ1) is 14.7. The maximum atomic E-state index is 12.4. The molecule has 8 heteroatoms. The van der Waals surface area contributed by atoms with Crippen molar-refractivity contribution in [3.63, 3.8) is 0 Å². The lowest BCUT2D eigenvalue weighted by molar-refractivity contribution is 0.102. The molecule has 1 saturated heterocycles. The number of aromatic nitrogens is 2. The summed E-state index contributed by atoms with van der Waals surface area (Å²) in [5, 5.41) is 10.8. The lowest BCUT2D eigenvalue weighted by Gasteiger charge is -2.28. The second-order valence-electron chi connectivity index (χ2n) is 5.54. The van der Waals surface area contributed by atoms with Crippen LogP contribution in [0.1, 0.15) is 16.1 Å². The van der Waals surface area contributed by atoms with E-state index in [9.17, 15) is 4.79 Å². The molecule has 24 heavy (non-hydrogen) atoms. The van der Waals surface area contributed by atoms with Crippen molar-refractivity contribution in [3.8, 4) is 0 Å². The molecule has 4 rings (SSSR count). The molecule has 3 aromatic rings. The Hall–Kier alpha value is -2.87. The van der Waals surface area contributed by atoms with Gasteiger partial charge in [0.15, 0.2) is 11.0 Å². The summed E-state index contributed by atoms with van der Waals surface area (Å²) in [5.41, 5.74) is 3.10. The summed E-state index contributed by atoms with van der Waals surface area (Å²) in [7, 11) is 0. The van der Waals surface area contributed by atoms with E-state index in [2.05, 4.69) is 20.5 Å². The lowest BCUT2D eigenvalue weighted by atomic mass is 10.2. The Morgan fingerprint density at radius 1 is 1.17 bits per heavy atom. The molecule has 0 saturated carbocycles. The fourth-order valence-electron chi connectivity index (χ4n) is 2.82. The Kier molecular flexibility index (Phi) is 3.66. The third-order valence-electron chi connectivity index (χ3n) is 4.10. The van der Waals surface area contributed by atoms with E-state index in [1.807, 2.05) is 12.1 Å². The normalized spacial score (nSPS) is 15.0. The number of nitrogens with one attached hydrogen (secondary N) is 1. The van der Waals surface area contributed by atoms with Crippen LogP contribution in [0.15, 0.2) is 33.5 Å². The van der Waals surface area contributed by atoms with Gasteiger partial charge < -0.3 is 19.4 Å². The van der Waals surface area contributed by atoms with Gasteiger partial charge >= 0.3 is 0 Å². The van der Waals surface area contributed by atoms with E-state index in [-0.39, 0.29) is 5.91 Å². The molecule has 0 aliphatic carbocycles. The van der Waals surface area contributed by atoms with Crippen LogP contribution in [0.3, 0.4) is 0 Å². The number of furan rings is 1. The van der Waals surface area contributed by atoms with Crippen molar-refractivity contribution in [2.45, 2.75) is 6.92 Å². The summed E-state index contributed by atoms with van der Waals surface area (Å²) in [6.07, 6.45) is 1.49. The Bertz CT molecular complexity index is 879. The van der Waals surface area contributed by atoms with Gasteiger partial charge in [0.1, 0.15) is 5.76 Å². The Labute approximate surface area is 137 Å². The minimum absolute atomic E-state index is 0.260. The van der Waals surface area contributed by atoms with E-state index in [0.717, 1.165) is 18.8 Å². The van der Waals surface area contributed by atoms with Crippen LogP contribution in [-0.4, -0.2) is 42.5 Å². The number of nitrogens with zero attached hydrogens (tertiary/aromatic N) is 3. The number of morpholine rings is 1. The van der Waals surface area contributed by atoms with Crippen LogP contribution in [0.5, 0.6) is 0 Å². The minimum atomic E-state index is -0.260. The number of carbonyl (C=O) groups is 1. The van der Waals surface area contributed by atoms with E-state index >= 15 is 0 Å². The van der Waals surface area contributed by atoms with Crippen molar-refractivity contribution >= 4 is 28.3 Å². The Morgan fingerprint density at radius 2 is 1.96 bits per heavy atom. The van der Waals surface area contributed by atoms with Gasteiger partial charge in [-0.2, -0.15) is 0 Å². The van der Waals surface area contributed by atoms with Crippen LogP contribution in [0.25, 0.3) is 11.0 Å². The van der Waals surface area contributed by atoms with Crippen LogP contribution in [-0.2, 0) is 4.74 Å². The summed E-state index contributed by atoms with van der Waals surface area (Å²) in [6.45, 7) is 4.64. The van der Waals surface area contributed by atoms with Crippen molar-refractivity contribution in [3.05, 3.63) is 35.8 Å². The quantitative estimate of drug-likeness (QED) is 0.787. The Morgan fingerprint density at radius 3 is 2.71 bits per heavy atom. The van der Waals surface area contributed by atoms with Crippen molar-refractivity contribution < 1.29 is 18.6 Å². The minimum Gasteiger partial charge on any atom is -0.469 e. The highest BCUT2D eigenvalue weighted by molar-refractivity contribution is 6.09. The molecule has 1 fully saturated rings. The largest absolute Gasteiger partial charge is 0.469 e. The second-order valence-corrected chi connectivity index (χ2v) is 5.54. The topological polar surface area (TPSA) is 93.6 Å². The summed E-state index contributed by atoms with van der Waals surface area (Å²) < 4.78 is 15.5. The van der Waals surface area contributed by atoms with E-state index < -0.39 is 0 Å². The van der Waals surface area contributed by atoms with Crippen LogP contribution >= 0.6 is 0 Å². The zero-order chi connectivity index (χ0) is 16.5. The van der Waals surface area contributed by atoms with Crippen LogP contribution in [0.2, 0.25) is 0 Å². The Balaban J connectivity index is 1.66. The van der Waals surface area contributed by atoms with Crippen molar-refractivity contribution in [2.24, 2.45) is 0 Å². The monoisotopic (exact) mass is 328 g/mol. The molecule has 0 atom stereocenters. The fourth-order valence-corrected chi connectivity index (χ4v) is 2.82. The van der Waals surface area contributed by atoms with Gasteiger partial charge in [-0.05, 0) is 35.4 Å². The molecule has 1 aromatic carbocycles. The maximum absolute atomic E-state index is 12.4. The van der Waals surface area contributed by atoms with Gasteiger partial charge in [0.2, 0.25) is 0 Å². The third-order valence-corrected chi connectivity index (χ3v) is 4.10.